The van der Waals surface area contributed by atoms with Crippen LogP contribution >= 0.6 is 0 Å². The molecule has 0 saturated heterocycles. The van der Waals surface area contributed by atoms with Crippen molar-refractivity contribution >= 4 is 17.3 Å². The molecular weight excluding hydrogens is 236 g/mol. The average molecular weight is 254 g/mol. The Morgan fingerprint density at radius 1 is 1.50 bits per heavy atom. The lowest BCUT2D eigenvalue weighted by atomic mass is 10.0. The first-order valence-corrected chi connectivity index (χ1v) is 5.68. The number of pyridine rings is 1. The minimum atomic E-state index is -0.869. The minimum absolute atomic E-state index is 0.0482. The van der Waals surface area contributed by atoms with E-state index in [0.717, 1.165) is 0 Å². The van der Waals surface area contributed by atoms with Crippen LogP contribution in [0.4, 0.5) is 17.3 Å². The van der Waals surface area contributed by atoms with Gasteiger partial charge in [-0.2, -0.15) is 0 Å². The summed E-state index contributed by atoms with van der Waals surface area (Å²) < 4.78 is 0. The first kappa shape index (κ1) is 14.2. The molecule has 0 bridgehead atoms. The number of hydrogen-bond acceptors (Lipinski definition) is 6. The third kappa shape index (κ3) is 3.85. The number of nitro groups is 1. The lowest BCUT2D eigenvalue weighted by molar-refractivity contribution is -0.384. The smallest absolute Gasteiger partial charge is 0.276 e. The third-order valence-corrected chi connectivity index (χ3v) is 2.69. The van der Waals surface area contributed by atoms with Gasteiger partial charge in [-0.15, -0.1) is 0 Å². The van der Waals surface area contributed by atoms with E-state index in [9.17, 15) is 15.2 Å². The number of aromatic nitrogens is 1. The van der Waals surface area contributed by atoms with E-state index in [-0.39, 0.29) is 12.2 Å². The first-order chi connectivity index (χ1) is 8.38. The fourth-order valence-corrected chi connectivity index (χ4v) is 1.25. The van der Waals surface area contributed by atoms with E-state index in [2.05, 4.69) is 15.6 Å². The highest BCUT2D eigenvalue weighted by atomic mass is 16.6. The van der Waals surface area contributed by atoms with Crippen molar-refractivity contribution in [2.45, 2.75) is 25.9 Å². The van der Waals surface area contributed by atoms with Gasteiger partial charge in [-0.25, -0.2) is 4.98 Å². The maximum atomic E-state index is 10.8. The van der Waals surface area contributed by atoms with Crippen molar-refractivity contribution in [1.82, 2.24) is 4.98 Å². The van der Waals surface area contributed by atoms with Crippen LogP contribution in [0.15, 0.2) is 12.1 Å². The van der Waals surface area contributed by atoms with Gasteiger partial charge in [0.25, 0.3) is 5.69 Å². The summed E-state index contributed by atoms with van der Waals surface area (Å²) >= 11 is 0. The lowest BCUT2D eigenvalue weighted by Crippen LogP contribution is -2.32. The van der Waals surface area contributed by atoms with Gasteiger partial charge >= 0.3 is 0 Å². The van der Waals surface area contributed by atoms with Crippen LogP contribution in [0.2, 0.25) is 0 Å². The Hall–Kier alpha value is -1.89. The summed E-state index contributed by atoms with van der Waals surface area (Å²) in [5.41, 5.74) is -0.917. The molecule has 1 heterocycles. The molecule has 0 spiro atoms. The zero-order valence-corrected chi connectivity index (χ0v) is 10.7. The molecule has 1 atom stereocenters. The van der Waals surface area contributed by atoms with Crippen molar-refractivity contribution < 1.29 is 10.0 Å². The van der Waals surface area contributed by atoms with Crippen molar-refractivity contribution in [3.8, 4) is 0 Å². The Bertz CT molecular complexity index is 434. The predicted molar refractivity (Wildman–Crippen MR) is 69.8 cm³/mol. The van der Waals surface area contributed by atoms with Gasteiger partial charge in [-0.05, 0) is 13.3 Å². The monoisotopic (exact) mass is 254 g/mol. The number of anilines is 2. The summed E-state index contributed by atoms with van der Waals surface area (Å²) in [5, 5.41) is 26.3. The minimum Gasteiger partial charge on any atom is -0.388 e. The van der Waals surface area contributed by atoms with E-state index in [1.165, 1.54) is 12.1 Å². The van der Waals surface area contributed by atoms with Gasteiger partial charge in [-0.1, -0.05) is 6.92 Å². The summed E-state index contributed by atoms with van der Waals surface area (Å²) in [6.07, 6.45) is 0.577. The molecule has 7 nitrogen and oxygen atoms in total. The van der Waals surface area contributed by atoms with Gasteiger partial charge < -0.3 is 15.7 Å². The molecule has 1 aromatic heterocycles. The molecule has 1 unspecified atom stereocenters. The van der Waals surface area contributed by atoms with Gasteiger partial charge in [0, 0.05) is 13.6 Å². The van der Waals surface area contributed by atoms with Crippen molar-refractivity contribution in [2.75, 3.05) is 24.2 Å². The van der Waals surface area contributed by atoms with Crippen LogP contribution in [0.5, 0.6) is 0 Å². The largest absolute Gasteiger partial charge is 0.388 e. The molecule has 3 N–H and O–H groups in total. The SMILES string of the molecule is CCC(C)(O)CNc1cc([N+](=O)[O-])cc(NC)n1. The van der Waals surface area contributed by atoms with Crippen LogP contribution in [0, 0.1) is 10.1 Å². The topological polar surface area (TPSA) is 100 Å². The third-order valence-electron chi connectivity index (χ3n) is 2.69. The quantitative estimate of drug-likeness (QED) is 0.526. The van der Waals surface area contributed by atoms with Crippen molar-refractivity contribution in [1.29, 1.82) is 0 Å². The van der Waals surface area contributed by atoms with Crippen molar-refractivity contribution in [3.63, 3.8) is 0 Å². The Balaban J connectivity index is 2.88. The van der Waals surface area contributed by atoms with Gasteiger partial charge in [0.15, 0.2) is 0 Å². The summed E-state index contributed by atoms with van der Waals surface area (Å²) in [4.78, 5) is 14.4. The lowest BCUT2D eigenvalue weighted by Gasteiger charge is -2.21. The van der Waals surface area contributed by atoms with E-state index >= 15 is 0 Å². The van der Waals surface area contributed by atoms with Gasteiger partial charge in [0.2, 0.25) is 0 Å². The van der Waals surface area contributed by atoms with Crippen LogP contribution in [-0.4, -0.2) is 34.2 Å². The van der Waals surface area contributed by atoms with Crippen LogP contribution in [0.1, 0.15) is 20.3 Å². The highest BCUT2D eigenvalue weighted by Gasteiger charge is 2.18. The number of nitrogens with zero attached hydrogens (tertiary/aromatic N) is 2. The molecule has 0 radical (unpaired) electrons. The van der Waals surface area contributed by atoms with Crippen LogP contribution in [0.3, 0.4) is 0 Å². The van der Waals surface area contributed by atoms with Crippen molar-refractivity contribution in [3.05, 3.63) is 22.2 Å². The zero-order valence-electron chi connectivity index (χ0n) is 10.7. The van der Waals surface area contributed by atoms with E-state index in [1.807, 2.05) is 6.92 Å². The first-order valence-electron chi connectivity index (χ1n) is 5.68. The second kappa shape index (κ2) is 5.63. The number of hydrogen-bond donors (Lipinski definition) is 3. The van der Waals surface area contributed by atoms with E-state index < -0.39 is 10.5 Å². The maximum absolute atomic E-state index is 10.8. The maximum Gasteiger partial charge on any atom is 0.276 e. The zero-order chi connectivity index (χ0) is 13.8. The fraction of sp³-hybridized carbons (Fsp3) is 0.545. The summed E-state index contributed by atoms with van der Waals surface area (Å²) in [6, 6.07) is 2.69. The summed E-state index contributed by atoms with van der Waals surface area (Å²) in [6.45, 7) is 3.83. The Kier molecular flexibility index (Phi) is 4.43. The Labute approximate surface area is 105 Å². The molecule has 18 heavy (non-hydrogen) atoms. The Morgan fingerprint density at radius 2 is 2.11 bits per heavy atom. The molecule has 100 valence electrons. The van der Waals surface area contributed by atoms with Crippen LogP contribution in [0.25, 0.3) is 0 Å². The predicted octanol–water partition coefficient (Wildman–Crippen LogP) is 1.60. The molecule has 0 amide bonds. The van der Waals surface area contributed by atoms with E-state index in [1.54, 1.807) is 14.0 Å². The standard InChI is InChI=1S/C11H18N4O3/c1-4-11(2,16)7-13-10-6-8(15(17)18)5-9(12-3)14-10/h5-6,16H,4,7H2,1-3H3,(H2,12,13,14). The number of rotatable bonds is 6. The molecule has 7 heteroatoms. The molecule has 1 rings (SSSR count). The van der Waals surface area contributed by atoms with Gasteiger partial charge in [-0.3, -0.25) is 10.1 Å². The van der Waals surface area contributed by atoms with Crippen LogP contribution < -0.4 is 10.6 Å². The number of nitrogens with one attached hydrogen (secondary N) is 2. The molecule has 0 fully saturated rings. The van der Waals surface area contributed by atoms with Gasteiger partial charge in [0.05, 0.1) is 22.7 Å². The van der Waals surface area contributed by atoms with E-state index in [0.29, 0.717) is 18.1 Å². The molecule has 0 aliphatic heterocycles. The Morgan fingerprint density at radius 3 is 2.61 bits per heavy atom. The molecule has 0 aliphatic rings. The summed E-state index contributed by atoms with van der Waals surface area (Å²) in [5.74, 6) is 0.769. The molecule has 0 aliphatic carbocycles. The molecule has 1 aromatic rings. The second-order valence-electron chi connectivity index (χ2n) is 4.31. The molecular formula is C11H18N4O3. The summed E-state index contributed by atoms with van der Waals surface area (Å²) in [7, 11) is 1.64. The van der Waals surface area contributed by atoms with Gasteiger partial charge in [0.1, 0.15) is 11.6 Å². The second-order valence-corrected chi connectivity index (χ2v) is 4.31. The van der Waals surface area contributed by atoms with E-state index in [4.69, 9.17) is 0 Å². The van der Waals surface area contributed by atoms with Crippen LogP contribution in [-0.2, 0) is 0 Å². The highest BCUT2D eigenvalue weighted by Crippen LogP contribution is 2.21. The molecule has 0 saturated carbocycles. The number of aliphatic hydroxyl groups is 1. The fourth-order valence-electron chi connectivity index (χ4n) is 1.25. The molecule has 0 aromatic carbocycles. The average Bonchev–Trinajstić information content (AvgIpc) is 2.36. The van der Waals surface area contributed by atoms with Crippen molar-refractivity contribution in [2.24, 2.45) is 0 Å². The normalized spacial score (nSPS) is 13.8. The highest BCUT2D eigenvalue weighted by molar-refractivity contribution is 5.54.